The number of nitrogens with two attached hydrogens (primary N) is 1. The summed E-state index contributed by atoms with van der Waals surface area (Å²) >= 11 is 0. The third kappa shape index (κ3) is 4.88. The smallest absolute Gasteiger partial charge is 0.326 e. The number of carboxylic acid groups (broad SMARTS) is 1. The van der Waals surface area contributed by atoms with Gasteiger partial charge >= 0.3 is 5.97 Å². The van der Waals surface area contributed by atoms with Crippen LogP contribution in [0.25, 0.3) is 10.8 Å². The van der Waals surface area contributed by atoms with Crippen LogP contribution in [-0.2, 0) is 26.0 Å². The van der Waals surface area contributed by atoms with Gasteiger partial charge in [0.25, 0.3) is 0 Å². The zero-order chi connectivity index (χ0) is 26.2. The SMILES string of the molecule is CN(C)c1ccc(S(=O)(=O)N[C@H]2CCN(C(Cc3cc4ccnc(N)c4cc3O)C(=O)O)C2=O)cn1. The summed E-state index contributed by atoms with van der Waals surface area (Å²) in [7, 11) is -0.531. The Morgan fingerprint density at radius 1 is 1.28 bits per heavy atom. The van der Waals surface area contributed by atoms with Gasteiger partial charge in [-0.25, -0.2) is 23.2 Å². The van der Waals surface area contributed by atoms with Crippen molar-refractivity contribution in [2.75, 3.05) is 31.3 Å². The number of nitrogens with one attached hydrogen (secondary N) is 1. The number of pyridine rings is 2. The average Bonchev–Trinajstić information content (AvgIpc) is 3.17. The molecule has 1 aliphatic rings. The van der Waals surface area contributed by atoms with Crippen molar-refractivity contribution in [2.24, 2.45) is 0 Å². The number of sulfonamides is 1. The number of aliphatic carboxylic acids is 1. The van der Waals surface area contributed by atoms with Gasteiger partial charge in [0.05, 0.1) is 0 Å². The molecule has 0 saturated carbocycles. The number of amides is 1. The molecule has 1 unspecified atom stereocenters. The second-order valence-corrected chi connectivity index (χ2v) is 10.4. The van der Waals surface area contributed by atoms with Gasteiger partial charge in [-0.05, 0) is 47.7 Å². The number of aromatic nitrogens is 2. The standard InChI is InChI=1S/C23H26N6O6S/c1-28(2)20-4-3-15(12-26-20)36(34,35)27-17-6-8-29(22(17)31)18(23(32)33)10-14-9-13-5-7-25-21(24)16(13)11-19(14)30/h3-5,7,9,11-12,17-18,27,30H,6,8,10H2,1-2H3,(H2,24,25)(H,32,33)/t17-,18?/m0/s1. The number of fused-ring (bicyclic) bond motifs is 1. The highest BCUT2D eigenvalue weighted by molar-refractivity contribution is 7.89. The fourth-order valence-corrected chi connectivity index (χ4v) is 5.32. The molecular weight excluding hydrogens is 488 g/mol. The largest absolute Gasteiger partial charge is 0.508 e. The molecule has 5 N–H and O–H groups in total. The summed E-state index contributed by atoms with van der Waals surface area (Å²) < 4.78 is 28.0. The molecule has 1 amide bonds. The number of anilines is 2. The van der Waals surface area contributed by atoms with Gasteiger partial charge in [-0.2, -0.15) is 4.72 Å². The van der Waals surface area contributed by atoms with Gasteiger partial charge in [0.2, 0.25) is 15.9 Å². The van der Waals surface area contributed by atoms with E-state index in [0.29, 0.717) is 22.2 Å². The first-order chi connectivity index (χ1) is 17.0. The van der Waals surface area contributed by atoms with Crippen LogP contribution in [0.5, 0.6) is 5.75 Å². The number of carboxylic acids is 1. The third-order valence-corrected chi connectivity index (χ3v) is 7.55. The molecule has 4 rings (SSSR count). The minimum Gasteiger partial charge on any atom is -0.508 e. The number of likely N-dealkylation sites (tertiary alicyclic amines) is 1. The number of carbonyl (C=O) groups is 2. The summed E-state index contributed by atoms with van der Waals surface area (Å²) in [6.07, 6.45) is 2.61. The molecule has 1 fully saturated rings. The number of hydrogen-bond acceptors (Lipinski definition) is 9. The molecule has 1 aromatic carbocycles. The second kappa shape index (κ2) is 9.59. The third-order valence-electron chi connectivity index (χ3n) is 6.10. The Kier molecular flexibility index (Phi) is 6.69. The van der Waals surface area contributed by atoms with E-state index >= 15 is 0 Å². The van der Waals surface area contributed by atoms with Crippen LogP contribution in [0.2, 0.25) is 0 Å². The fraction of sp³-hybridized carbons (Fsp3) is 0.304. The summed E-state index contributed by atoms with van der Waals surface area (Å²) in [5, 5.41) is 21.5. The quantitative estimate of drug-likeness (QED) is 0.332. The van der Waals surface area contributed by atoms with E-state index in [0.717, 1.165) is 4.90 Å². The monoisotopic (exact) mass is 514 g/mol. The van der Waals surface area contributed by atoms with Crippen LogP contribution in [0, 0.1) is 0 Å². The molecule has 2 atom stereocenters. The number of aromatic hydroxyl groups is 1. The Balaban J connectivity index is 1.53. The number of hydrogen-bond donors (Lipinski definition) is 4. The Hall–Kier alpha value is -3.97. The normalized spacial score (nSPS) is 16.9. The van der Waals surface area contributed by atoms with Crippen molar-refractivity contribution in [3.05, 3.63) is 48.3 Å². The predicted molar refractivity (Wildman–Crippen MR) is 132 cm³/mol. The Labute approximate surface area is 207 Å². The highest BCUT2D eigenvalue weighted by Crippen LogP contribution is 2.30. The topological polar surface area (TPSA) is 179 Å². The van der Waals surface area contributed by atoms with Crippen LogP contribution >= 0.6 is 0 Å². The van der Waals surface area contributed by atoms with E-state index in [9.17, 15) is 28.2 Å². The summed E-state index contributed by atoms with van der Waals surface area (Å²) in [6.45, 7) is 0.0337. The lowest BCUT2D eigenvalue weighted by atomic mass is 10.00. The van der Waals surface area contributed by atoms with Crippen molar-refractivity contribution in [1.82, 2.24) is 19.6 Å². The molecule has 3 heterocycles. The number of benzene rings is 1. The molecule has 0 aliphatic carbocycles. The Bertz CT molecular complexity index is 1430. The van der Waals surface area contributed by atoms with Gasteiger partial charge in [0, 0.05) is 44.8 Å². The summed E-state index contributed by atoms with van der Waals surface area (Å²) in [5.74, 6) is -1.31. The second-order valence-electron chi connectivity index (χ2n) is 8.70. The zero-order valence-corrected chi connectivity index (χ0v) is 20.4. The first-order valence-electron chi connectivity index (χ1n) is 11.0. The number of nitrogen functional groups attached to an aromatic ring is 1. The molecule has 190 valence electrons. The van der Waals surface area contributed by atoms with Crippen molar-refractivity contribution in [3.8, 4) is 5.75 Å². The Morgan fingerprint density at radius 2 is 2.03 bits per heavy atom. The van der Waals surface area contributed by atoms with Crippen LogP contribution in [0.4, 0.5) is 11.6 Å². The molecule has 0 bridgehead atoms. The predicted octanol–water partition coefficient (Wildman–Crippen LogP) is 0.559. The number of phenolic OH excluding ortho intramolecular Hbond substituents is 1. The maximum absolute atomic E-state index is 13.1. The van der Waals surface area contributed by atoms with Crippen LogP contribution < -0.4 is 15.4 Å². The van der Waals surface area contributed by atoms with Crippen LogP contribution in [0.3, 0.4) is 0 Å². The maximum Gasteiger partial charge on any atom is 0.326 e. The van der Waals surface area contributed by atoms with E-state index in [1.54, 1.807) is 31.1 Å². The molecule has 2 aromatic heterocycles. The first-order valence-corrected chi connectivity index (χ1v) is 12.5. The van der Waals surface area contributed by atoms with Gasteiger partial charge in [-0.1, -0.05) is 0 Å². The van der Waals surface area contributed by atoms with E-state index in [-0.39, 0.29) is 35.8 Å². The van der Waals surface area contributed by atoms with Crippen molar-refractivity contribution in [2.45, 2.75) is 29.8 Å². The van der Waals surface area contributed by atoms with Crippen molar-refractivity contribution < 1.29 is 28.2 Å². The molecule has 1 saturated heterocycles. The molecule has 3 aromatic rings. The minimum absolute atomic E-state index is 0.0337. The minimum atomic E-state index is -4.07. The number of carbonyl (C=O) groups excluding carboxylic acids is 1. The molecule has 36 heavy (non-hydrogen) atoms. The van der Waals surface area contributed by atoms with Gasteiger partial charge in [0.15, 0.2) is 0 Å². The molecular formula is C23H26N6O6S. The van der Waals surface area contributed by atoms with Gasteiger partial charge < -0.3 is 25.7 Å². The Morgan fingerprint density at radius 3 is 2.67 bits per heavy atom. The highest BCUT2D eigenvalue weighted by atomic mass is 32.2. The lowest BCUT2D eigenvalue weighted by Gasteiger charge is -2.25. The number of rotatable bonds is 8. The molecule has 13 heteroatoms. The molecule has 1 aliphatic heterocycles. The fourth-order valence-electron chi connectivity index (χ4n) is 4.15. The summed E-state index contributed by atoms with van der Waals surface area (Å²) in [6, 6.07) is 5.17. The maximum atomic E-state index is 13.1. The van der Waals surface area contributed by atoms with E-state index in [1.165, 1.54) is 30.6 Å². The lowest BCUT2D eigenvalue weighted by Crippen LogP contribution is -2.48. The van der Waals surface area contributed by atoms with Crippen molar-refractivity contribution in [1.29, 1.82) is 0 Å². The summed E-state index contributed by atoms with van der Waals surface area (Å²) in [4.78, 5) is 36.0. The van der Waals surface area contributed by atoms with Gasteiger partial charge in [-0.3, -0.25) is 4.79 Å². The van der Waals surface area contributed by atoms with Crippen molar-refractivity contribution in [3.63, 3.8) is 0 Å². The van der Waals surface area contributed by atoms with Crippen LogP contribution in [0.15, 0.2) is 47.6 Å². The zero-order valence-electron chi connectivity index (χ0n) is 19.6. The van der Waals surface area contributed by atoms with Crippen LogP contribution in [0.1, 0.15) is 12.0 Å². The lowest BCUT2D eigenvalue weighted by molar-refractivity contribution is -0.148. The highest BCUT2D eigenvalue weighted by Gasteiger charge is 2.41. The van der Waals surface area contributed by atoms with Crippen LogP contribution in [-0.4, -0.2) is 78.1 Å². The van der Waals surface area contributed by atoms with E-state index < -0.39 is 34.0 Å². The number of nitrogens with zero attached hydrogens (tertiary/aromatic N) is 4. The molecule has 12 nitrogen and oxygen atoms in total. The van der Waals surface area contributed by atoms with Gasteiger partial charge in [0.1, 0.15) is 34.4 Å². The first kappa shape index (κ1) is 25.1. The average molecular weight is 515 g/mol. The van der Waals surface area contributed by atoms with Gasteiger partial charge in [-0.15, -0.1) is 0 Å². The van der Waals surface area contributed by atoms with E-state index in [2.05, 4.69) is 14.7 Å². The van der Waals surface area contributed by atoms with E-state index in [4.69, 9.17) is 5.73 Å². The van der Waals surface area contributed by atoms with Crippen molar-refractivity contribution >= 4 is 44.3 Å². The number of phenols is 1. The summed E-state index contributed by atoms with van der Waals surface area (Å²) in [5.41, 5.74) is 6.15. The molecule has 0 spiro atoms. The van der Waals surface area contributed by atoms with E-state index in [1.807, 2.05) is 0 Å². The molecule has 0 radical (unpaired) electrons.